The van der Waals surface area contributed by atoms with Crippen LogP contribution in [0.3, 0.4) is 0 Å². The van der Waals surface area contributed by atoms with E-state index in [1.54, 1.807) is 0 Å². The molecule has 9 aromatic carbocycles. The fraction of sp³-hybridized carbons (Fsp3) is 0. The predicted octanol–water partition coefficient (Wildman–Crippen LogP) is 14.8. The lowest BCUT2D eigenvalue weighted by Gasteiger charge is -2.16. The van der Waals surface area contributed by atoms with Crippen molar-refractivity contribution in [3.8, 4) is 62.1 Å². The summed E-state index contributed by atoms with van der Waals surface area (Å²) in [7, 11) is 0. The summed E-state index contributed by atoms with van der Waals surface area (Å²) in [6.07, 6.45) is 0. The molecule has 4 nitrogen and oxygen atoms in total. The van der Waals surface area contributed by atoms with Gasteiger partial charge in [-0.25, -0.2) is 15.0 Å². The van der Waals surface area contributed by atoms with Gasteiger partial charge in [-0.15, -0.1) is 11.3 Å². The summed E-state index contributed by atoms with van der Waals surface area (Å²) in [5.74, 6) is 1.87. The summed E-state index contributed by atoms with van der Waals surface area (Å²) in [6, 6.07) is 73.4. The molecule has 0 aliphatic heterocycles. The van der Waals surface area contributed by atoms with E-state index in [0.29, 0.717) is 17.5 Å². The van der Waals surface area contributed by atoms with Crippen LogP contribution in [0.2, 0.25) is 0 Å². The third-order valence-corrected chi connectivity index (χ3v) is 12.8. The number of rotatable bonds is 6. The molecule has 0 N–H and O–H groups in total. The molecule has 0 saturated carbocycles. The molecule has 0 fully saturated rings. The smallest absolute Gasteiger partial charge is 0.164 e. The SMILES string of the molecule is c1ccc(-c2nc(-c3cccc(-c4cccc5c4sc4ccccc45)c3)nc(-c3ccc(-c4ccccc4)c(-n4c5ccccc5c5cc6ccccc6cc54)c3)n2)cc1. The van der Waals surface area contributed by atoms with Gasteiger partial charge in [0, 0.05) is 53.2 Å². The summed E-state index contributed by atoms with van der Waals surface area (Å²) in [5.41, 5.74) is 10.7. The molecule has 60 heavy (non-hydrogen) atoms. The van der Waals surface area contributed by atoms with Crippen LogP contribution in [-0.4, -0.2) is 19.5 Å². The van der Waals surface area contributed by atoms with E-state index in [0.717, 1.165) is 50.1 Å². The van der Waals surface area contributed by atoms with E-state index in [-0.39, 0.29) is 0 Å². The highest BCUT2D eigenvalue weighted by atomic mass is 32.1. The zero-order valence-electron chi connectivity index (χ0n) is 32.3. The predicted molar refractivity (Wildman–Crippen MR) is 252 cm³/mol. The van der Waals surface area contributed by atoms with Crippen LogP contribution < -0.4 is 0 Å². The molecule has 0 radical (unpaired) electrons. The quantitative estimate of drug-likeness (QED) is 0.169. The summed E-state index contributed by atoms with van der Waals surface area (Å²) in [4.78, 5) is 15.7. The zero-order valence-corrected chi connectivity index (χ0v) is 33.1. The van der Waals surface area contributed by atoms with Gasteiger partial charge >= 0.3 is 0 Å². The maximum absolute atomic E-state index is 5.29. The Labute approximate surface area is 350 Å². The molecule has 3 heterocycles. The number of aromatic nitrogens is 4. The van der Waals surface area contributed by atoms with Crippen LogP contribution in [0.1, 0.15) is 0 Å². The van der Waals surface area contributed by atoms with Gasteiger partial charge in [0.25, 0.3) is 0 Å². The van der Waals surface area contributed by atoms with Crippen LogP contribution in [0.25, 0.3) is 115 Å². The molecule has 0 unspecified atom stereocenters. The Morgan fingerprint density at radius 3 is 1.72 bits per heavy atom. The average Bonchev–Trinajstić information content (AvgIpc) is 3.86. The highest BCUT2D eigenvalue weighted by molar-refractivity contribution is 7.26. The van der Waals surface area contributed by atoms with E-state index in [1.807, 2.05) is 29.5 Å². The minimum atomic E-state index is 0.614. The van der Waals surface area contributed by atoms with Gasteiger partial charge in [0.15, 0.2) is 17.5 Å². The molecule has 0 atom stereocenters. The maximum atomic E-state index is 5.29. The molecular weight excluding hydrogens is 749 g/mol. The third kappa shape index (κ3) is 5.70. The summed E-state index contributed by atoms with van der Waals surface area (Å²) in [6.45, 7) is 0. The molecule has 0 aliphatic carbocycles. The minimum Gasteiger partial charge on any atom is -0.309 e. The monoisotopic (exact) mass is 782 g/mol. The van der Waals surface area contributed by atoms with Crippen molar-refractivity contribution in [1.82, 2.24) is 19.5 Å². The molecular formula is C55H34N4S. The lowest BCUT2D eigenvalue weighted by molar-refractivity contribution is 1.07. The molecule has 5 heteroatoms. The van der Waals surface area contributed by atoms with Crippen molar-refractivity contribution in [2.24, 2.45) is 0 Å². The third-order valence-electron chi connectivity index (χ3n) is 11.6. The molecule has 0 spiro atoms. The second kappa shape index (κ2) is 14.0. The van der Waals surface area contributed by atoms with Crippen molar-refractivity contribution < 1.29 is 0 Å². The Hall–Kier alpha value is -7.73. The lowest BCUT2D eigenvalue weighted by atomic mass is 10.00. The Kier molecular flexibility index (Phi) is 8.00. The number of hydrogen-bond acceptors (Lipinski definition) is 4. The molecule has 0 aliphatic rings. The van der Waals surface area contributed by atoms with Crippen molar-refractivity contribution >= 4 is 64.1 Å². The fourth-order valence-corrected chi connectivity index (χ4v) is 10.0. The van der Waals surface area contributed by atoms with Gasteiger partial charge in [0.1, 0.15) is 0 Å². The van der Waals surface area contributed by atoms with Crippen LogP contribution in [0, 0.1) is 0 Å². The molecule has 0 amide bonds. The molecule has 0 saturated heterocycles. The average molecular weight is 783 g/mol. The van der Waals surface area contributed by atoms with Crippen molar-refractivity contribution in [2.45, 2.75) is 0 Å². The van der Waals surface area contributed by atoms with Crippen LogP contribution >= 0.6 is 11.3 Å². The van der Waals surface area contributed by atoms with Crippen molar-refractivity contribution in [2.75, 3.05) is 0 Å². The van der Waals surface area contributed by atoms with Gasteiger partial charge in [0.2, 0.25) is 0 Å². The first-order valence-electron chi connectivity index (χ1n) is 20.2. The Balaban J connectivity index is 1.08. The maximum Gasteiger partial charge on any atom is 0.164 e. The molecule has 12 rings (SSSR count). The van der Waals surface area contributed by atoms with Crippen molar-refractivity contribution in [1.29, 1.82) is 0 Å². The van der Waals surface area contributed by atoms with Gasteiger partial charge in [-0.2, -0.15) is 0 Å². The van der Waals surface area contributed by atoms with Crippen LogP contribution in [0.5, 0.6) is 0 Å². The van der Waals surface area contributed by atoms with Gasteiger partial charge < -0.3 is 4.57 Å². The summed E-state index contributed by atoms with van der Waals surface area (Å²) < 4.78 is 4.99. The van der Waals surface area contributed by atoms with Crippen LogP contribution in [0.15, 0.2) is 206 Å². The molecule has 3 aromatic heterocycles. The first-order chi connectivity index (χ1) is 29.7. The largest absolute Gasteiger partial charge is 0.309 e. The van der Waals surface area contributed by atoms with E-state index in [4.69, 9.17) is 15.0 Å². The van der Waals surface area contributed by atoms with Crippen molar-refractivity contribution in [3.63, 3.8) is 0 Å². The number of thiophene rings is 1. The van der Waals surface area contributed by atoms with Gasteiger partial charge in [-0.1, -0.05) is 170 Å². The Morgan fingerprint density at radius 2 is 0.917 bits per heavy atom. The van der Waals surface area contributed by atoms with Crippen LogP contribution in [-0.2, 0) is 0 Å². The van der Waals surface area contributed by atoms with E-state index in [9.17, 15) is 0 Å². The molecule has 0 bridgehead atoms. The highest BCUT2D eigenvalue weighted by Crippen LogP contribution is 2.42. The topological polar surface area (TPSA) is 43.6 Å². The van der Waals surface area contributed by atoms with Gasteiger partial charge in [0.05, 0.1) is 16.7 Å². The highest BCUT2D eigenvalue weighted by Gasteiger charge is 2.20. The number of benzene rings is 9. The fourth-order valence-electron chi connectivity index (χ4n) is 8.78. The van der Waals surface area contributed by atoms with Gasteiger partial charge in [-0.3, -0.25) is 0 Å². The normalized spacial score (nSPS) is 11.7. The zero-order chi connectivity index (χ0) is 39.6. The number of para-hydroxylation sites is 1. The summed E-state index contributed by atoms with van der Waals surface area (Å²) >= 11 is 1.84. The first-order valence-corrected chi connectivity index (χ1v) is 21.0. The molecule has 12 aromatic rings. The van der Waals surface area contributed by atoms with E-state index in [2.05, 4.69) is 193 Å². The second-order valence-electron chi connectivity index (χ2n) is 15.2. The van der Waals surface area contributed by atoms with Gasteiger partial charge in [-0.05, 0) is 63.9 Å². The number of hydrogen-bond donors (Lipinski definition) is 0. The van der Waals surface area contributed by atoms with Crippen LogP contribution in [0.4, 0.5) is 0 Å². The first kappa shape index (κ1) is 34.3. The lowest BCUT2D eigenvalue weighted by Crippen LogP contribution is -2.02. The minimum absolute atomic E-state index is 0.614. The Morgan fingerprint density at radius 1 is 0.333 bits per heavy atom. The second-order valence-corrected chi connectivity index (χ2v) is 16.3. The Bertz CT molecular complexity index is 3610. The number of nitrogens with zero attached hydrogens (tertiary/aromatic N) is 4. The van der Waals surface area contributed by atoms with E-state index in [1.165, 1.54) is 47.3 Å². The molecule has 280 valence electrons. The standard InChI is InChI=1S/C55H34N4S/c1-3-15-35(16-4-1)42-30-29-41(34-49(42)59-48-27-11-9-23-44(48)47-32-37-19-7-8-20-38(37)33-50(47)59)55-57-53(36-17-5-2-6-18-36)56-54(58-55)40-22-13-21-39(31-40)43-25-14-26-46-45-24-10-12-28-51(45)60-52(43)46/h1-34H. The number of fused-ring (bicyclic) bond motifs is 7. The summed E-state index contributed by atoms with van der Waals surface area (Å²) in [5, 5.41) is 7.42. The van der Waals surface area contributed by atoms with E-state index < -0.39 is 0 Å². The van der Waals surface area contributed by atoms with E-state index >= 15 is 0 Å². The van der Waals surface area contributed by atoms with Crippen molar-refractivity contribution in [3.05, 3.63) is 206 Å².